The van der Waals surface area contributed by atoms with Crippen molar-refractivity contribution in [3.05, 3.63) is 34.8 Å². The van der Waals surface area contributed by atoms with E-state index in [2.05, 4.69) is 15.4 Å². The molecule has 0 aliphatic heterocycles. The number of nitrogens with two attached hydrogens (primary N) is 1. The Morgan fingerprint density at radius 1 is 1.40 bits per heavy atom. The molecule has 8 heteroatoms. The molecule has 0 radical (unpaired) electrons. The fourth-order valence-electron chi connectivity index (χ4n) is 1.55. The number of hydrogen-bond acceptors (Lipinski definition) is 6. The summed E-state index contributed by atoms with van der Waals surface area (Å²) in [5, 5.41) is 29.5. The topological polar surface area (TPSA) is 122 Å². The number of aromatic nitrogens is 2. The highest BCUT2D eigenvalue weighted by Crippen LogP contribution is 2.24. The van der Waals surface area contributed by atoms with E-state index in [1.54, 1.807) is 18.2 Å². The Bertz CT molecular complexity index is 654. The molecular formula is C12H12N4O3S. The molecule has 0 saturated carbocycles. The van der Waals surface area contributed by atoms with Gasteiger partial charge in [-0.25, -0.2) is 0 Å². The van der Waals surface area contributed by atoms with Gasteiger partial charge in [-0.05, 0) is 6.07 Å². The van der Waals surface area contributed by atoms with Crippen LogP contribution in [0, 0.1) is 0 Å². The van der Waals surface area contributed by atoms with Crippen LogP contribution in [0.3, 0.4) is 0 Å². The Morgan fingerprint density at radius 3 is 2.90 bits per heavy atom. The first kappa shape index (κ1) is 13.9. The van der Waals surface area contributed by atoms with Crippen molar-refractivity contribution in [2.75, 3.05) is 0 Å². The molecule has 104 valence electrons. The number of benzene rings is 1. The molecule has 20 heavy (non-hydrogen) atoms. The van der Waals surface area contributed by atoms with Crippen molar-refractivity contribution >= 4 is 23.1 Å². The summed E-state index contributed by atoms with van der Waals surface area (Å²) >= 11 is 1.33. The second-order valence-corrected chi connectivity index (χ2v) is 5.02. The zero-order valence-electron chi connectivity index (χ0n) is 10.4. The summed E-state index contributed by atoms with van der Waals surface area (Å²) < 4.78 is 0. The van der Waals surface area contributed by atoms with Crippen LogP contribution in [0.2, 0.25) is 0 Å². The van der Waals surface area contributed by atoms with Gasteiger partial charge in [0.15, 0.2) is 5.84 Å². The van der Waals surface area contributed by atoms with Gasteiger partial charge in [0, 0.05) is 17.5 Å². The average molecular weight is 292 g/mol. The Balaban J connectivity index is 2.21. The number of rotatable bonds is 5. The van der Waals surface area contributed by atoms with E-state index in [1.165, 1.54) is 11.3 Å². The maximum absolute atomic E-state index is 10.5. The summed E-state index contributed by atoms with van der Waals surface area (Å²) in [6.07, 6.45) is 0.381. The number of carboxylic acid groups (broad SMARTS) is 1. The van der Waals surface area contributed by atoms with E-state index in [1.807, 2.05) is 6.07 Å². The minimum Gasteiger partial charge on any atom is -0.481 e. The fraction of sp³-hybridized carbons (Fsp3) is 0.167. The third kappa shape index (κ3) is 3.29. The number of amidine groups is 1. The number of carboxylic acids is 1. The van der Waals surface area contributed by atoms with Crippen LogP contribution in [0.25, 0.3) is 10.6 Å². The quantitative estimate of drug-likeness (QED) is 0.330. The van der Waals surface area contributed by atoms with Crippen molar-refractivity contribution in [1.82, 2.24) is 10.2 Å². The van der Waals surface area contributed by atoms with E-state index in [0.29, 0.717) is 22.0 Å². The number of nitrogens with zero attached hydrogens (tertiary/aromatic N) is 3. The molecule has 0 bridgehead atoms. The number of aryl methyl sites for hydroxylation is 1. The van der Waals surface area contributed by atoms with Crippen molar-refractivity contribution in [3.63, 3.8) is 0 Å². The highest BCUT2D eigenvalue weighted by molar-refractivity contribution is 7.14. The molecule has 0 spiro atoms. The fourth-order valence-corrected chi connectivity index (χ4v) is 2.39. The molecule has 1 aromatic carbocycles. The van der Waals surface area contributed by atoms with E-state index in [0.717, 1.165) is 5.56 Å². The molecule has 1 aromatic heterocycles. The largest absolute Gasteiger partial charge is 0.481 e. The first-order valence-corrected chi connectivity index (χ1v) is 6.54. The van der Waals surface area contributed by atoms with Gasteiger partial charge in [0.05, 0.1) is 6.42 Å². The Kier molecular flexibility index (Phi) is 4.26. The van der Waals surface area contributed by atoms with E-state index in [4.69, 9.17) is 16.0 Å². The van der Waals surface area contributed by atoms with Gasteiger partial charge in [-0.2, -0.15) is 0 Å². The molecule has 0 atom stereocenters. The van der Waals surface area contributed by atoms with Crippen LogP contribution in [0.4, 0.5) is 0 Å². The predicted molar refractivity (Wildman–Crippen MR) is 73.8 cm³/mol. The number of oxime groups is 1. The summed E-state index contributed by atoms with van der Waals surface area (Å²) in [4.78, 5) is 10.5. The lowest BCUT2D eigenvalue weighted by molar-refractivity contribution is -0.136. The molecule has 0 unspecified atom stereocenters. The van der Waals surface area contributed by atoms with Crippen LogP contribution in [-0.2, 0) is 11.2 Å². The van der Waals surface area contributed by atoms with Gasteiger partial charge in [-0.3, -0.25) is 4.79 Å². The maximum Gasteiger partial charge on any atom is 0.303 e. The zero-order valence-corrected chi connectivity index (χ0v) is 11.2. The molecule has 0 amide bonds. The van der Waals surface area contributed by atoms with Gasteiger partial charge in [-0.15, -0.1) is 10.2 Å². The molecule has 0 aliphatic rings. The van der Waals surface area contributed by atoms with Crippen molar-refractivity contribution in [2.24, 2.45) is 10.9 Å². The molecular weight excluding hydrogens is 280 g/mol. The van der Waals surface area contributed by atoms with Gasteiger partial charge in [0.25, 0.3) is 0 Å². The molecule has 2 aromatic rings. The van der Waals surface area contributed by atoms with Gasteiger partial charge in [0.1, 0.15) is 10.0 Å². The number of carbonyl (C=O) groups is 1. The number of hydrogen-bond donors (Lipinski definition) is 3. The predicted octanol–water partition coefficient (Wildman–Crippen LogP) is 1.32. The SMILES string of the molecule is N/C(=N\O)c1cccc(-c2nnc(CCC(=O)O)s2)c1. The smallest absolute Gasteiger partial charge is 0.303 e. The lowest BCUT2D eigenvalue weighted by atomic mass is 10.1. The average Bonchev–Trinajstić information content (AvgIpc) is 2.93. The van der Waals surface area contributed by atoms with Crippen LogP contribution in [-0.4, -0.2) is 32.3 Å². The minimum atomic E-state index is -0.865. The lowest BCUT2D eigenvalue weighted by Gasteiger charge is -2.00. The molecule has 1 heterocycles. The number of aliphatic carboxylic acids is 1. The second kappa shape index (κ2) is 6.11. The molecule has 2 rings (SSSR count). The first-order valence-electron chi connectivity index (χ1n) is 5.72. The third-order valence-corrected chi connectivity index (χ3v) is 3.56. The van der Waals surface area contributed by atoms with Crippen molar-refractivity contribution in [3.8, 4) is 10.6 Å². The summed E-state index contributed by atoms with van der Waals surface area (Å²) in [5.41, 5.74) is 6.89. The third-order valence-electron chi connectivity index (χ3n) is 2.53. The highest BCUT2D eigenvalue weighted by Gasteiger charge is 2.09. The van der Waals surface area contributed by atoms with E-state index in [9.17, 15) is 4.79 Å². The van der Waals surface area contributed by atoms with E-state index in [-0.39, 0.29) is 12.3 Å². The molecule has 7 nitrogen and oxygen atoms in total. The van der Waals surface area contributed by atoms with Crippen LogP contribution in [0.5, 0.6) is 0 Å². The van der Waals surface area contributed by atoms with Gasteiger partial charge in [0.2, 0.25) is 0 Å². The maximum atomic E-state index is 10.5. The molecule has 0 fully saturated rings. The summed E-state index contributed by atoms with van der Waals surface area (Å²) in [5.74, 6) is -0.849. The van der Waals surface area contributed by atoms with Crippen molar-refractivity contribution in [2.45, 2.75) is 12.8 Å². The summed E-state index contributed by atoms with van der Waals surface area (Å²) in [6.45, 7) is 0. The summed E-state index contributed by atoms with van der Waals surface area (Å²) in [7, 11) is 0. The van der Waals surface area contributed by atoms with E-state index >= 15 is 0 Å². The zero-order chi connectivity index (χ0) is 14.5. The lowest BCUT2D eigenvalue weighted by Crippen LogP contribution is -2.12. The van der Waals surface area contributed by atoms with Crippen LogP contribution >= 0.6 is 11.3 Å². The summed E-state index contributed by atoms with van der Waals surface area (Å²) in [6, 6.07) is 7.04. The Labute approximate surface area is 118 Å². The Hall–Kier alpha value is -2.48. The van der Waals surface area contributed by atoms with Crippen molar-refractivity contribution < 1.29 is 15.1 Å². The van der Waals surface area contributed by atoms with E-state index < -0.39 is 5.97 Å². The molecule has 4 N–H and O–H groups in total. The Morgan fingerprint density at radius 2 is 2.20 bits per heavy atom. The molecule has 0 aliphatic carbocycles. The van der Waals surface area contributed by atoms with Gasteiger partial charge < -0.3 is 16.0 Å². The second-order valence-electron chi connectivity index (χ2n) is 3.96. The van der Waals surface area contributed by atoms with Crippen LogP contribution < -0.4 is 5.73 Å². The van der Waals surface area contributed by atoms with Crippen molar-refractivity contribution in [1.29, 1.82) is 0 Å². The first-order chi connectivity index (χ1) is 9.60. The van der Waals surface area contributed by atoms with Crippen LogP contribution in [0.1, 0.15) is 17.0 Å². The van der Waals surface area contributed by atoms with Crippen LogP contribution in [0.15, 0.2) is 29.4 Å². The highest BCUT2D eigenvalue weighted by atomic mass is 32.1. The van der Waals surface area contributed by atoms with Gasteiger partial charge in [-0.1, -0.05) is 34.7 Å². The monoisotopic (exact) mass is 292 g/mol. The normalized spacial score (nSPS) is 11.5. The van der Waals surface area contributed by atoms with Gasteiger partial charge >= 0.3 is 5.97 Å². The minimum absolute atomic E-state index is 0.0162. The molecule has 0 saturated heterocycles. The standard InChI is InChI=1S/C12H12N4O3S/c13-11(16-19)7-2-1-3-8(6-7)12-15-14-9(20-12)4-5-10(17)18/h1-3,6,19H,4-5H2,(H2,13,16)(H,17,18).